The Labute approximate surface area is 168 Å². The van der Waals surface area contributed by atoms with Crippen molar-refractivity contribution in [1.82, 2.24) is 23.9 Å². The first-order valence-electron chi connectivity index (χ1n) is 9.39. The van der Waals surface area contributed by atoms with Crippen molar-refractivity contribution >= 4 is 38.5 Å². The molecule has 2 aromatic heterocycles. The summed E-state index contributed by atoms with van der Waals surface area (Å²) in [6, 6.07) is 7.45. The van der Waals surface area contributed by atoms with Crippen LogP contribution in [-0.4, -0.2) is 46.1 Å². The highest BCUT2D eigenvalue weighted by molar-refractivity contribution is 7.99. The van der Waals surface area contributed by atoms with Crippen molar-refractivity contribution in [3.8, 4) is 0 Å². The number of unbranched alkanes of at least 4 members (excludes halogenated alkanes) is 2. The van der Waals surface area contributed by atoms with Crippen molar-refractivity contribution in [3.05, 3.63) is 34.6 Å². The van der Waals surface area contributed by atoms with E-state index in [4.69, 9.17) is 0 Å². The van der Waals surface area contributed by atoms with Crippen LogP contribution in [-0.2, 0) is 16.6 Å². The molecule has 0 aliphatic rings. The Hall–Kier alpha value is -1.91. The first-order valence-corrected chi connectivity index (χ1v) is 12.0. The molecule has 0 saturated carbocycles. The summed E-state index contributed by atoms with van der Waals surface area (Å²) >= 11 is 1.45. The van der Waals surface area contributed by atoms with Crippen molar-refractivity contribution in [2.24, 2.45) is 0 Å². The number of fused-ring (bicyclic) bond motifs is 3. The van der Waals surface area contributed by atoms with Gasteiger partial charge < -0.3 is 0 Å². The molecule has 0 aliphatic heterocycles. The van der Waals surface area contributed by atoms with Gasteiger partial charge in [0.05, 0.1) is 16.7 Å². The normalized spacial score (nSPS) is 12.2. The second kappa shape index (κ2) is 9.06. The zero-order valence-corrected chi connectivity index (χ0v) is 17.7. The van der Waals surface area contributed by atoms with Gasteiger partial charge >= 0.3 is 0 Å². The molecule has 0 aliphatic carbocycles. The minimum atomic E-state index is -3.21. The zero-order valence-electron chi connectivity index (χ0n) is 16.1. The Kier molecular flexibility index (Phi) is 6.73. The van der Waals surface area contributed by atoms with Crippen LogP contribution in [0.25, 0.3) is 16.7 Å². The van der Waals surface area contributed by atoms with E-state index in [9.17, 15) is 13.2 Å². The molecule has 0 radical (unpaired) electrons. The van der Waals surface area contributed by atoms with Crippen molar-refractivity contribution < 1.29 is 8.42 Å². The summed E-state index contributed by atoms with van der Waals surface area (Å²) in [6.45, 7) is 2.73. The number of benzene rings is 1. The van der Waals surface area contributed by atoms with E-state index in [0.29, 0.717) is 35.0 Å². The van der Waals surface area contributed by atoms with E-state index < -0.39 is 10.0 Å². The van der Waals surface area contributed by atoms with Gasteiger partial charge in [0.15, 0.2) is 5.16 Å². The van der Waals surface area contributed by atoms with Crippen LogP contribution >= 0.6 is 11.8 Å². The number of aryl methyl sites for hydroxylation is 1. The number of nitrogens with zero attached hydrogens (tertiary/aromatic N) is 4. The SMILES string of the molecule is CCCCCn1c(=O)c2ccccc2n2c(SCCCS(=O)(=O)NC)nnc12. The minimum absolute atomic E-state index is 0.0525. The highest BCUT2D eigenvalue weighted by atomic mass is 32.2. The van der Waals surface area contributed by atoms with Crippen LogP contribution in [0.3, 0.4) is 0 Å². The molecule has 8 nitrogen and oxygen atoms in total. The number of hydrogen-bond acceptors (Lipinski definition) is 6. The highest BCUT2D eigenvalue weighted by Crippen LogP contribution is 2.22. The van der Waals surface area contributed by atoms with Crippen LogP contribution in [0.2, 0.25) is 0 Å². The summed E-state index contributed by atoms with van der Waals surface area (Å²) < 4.78 is 29.0. The van der Waals surface area contributed by atoms with Gasteiger partial charge in [-0.3, -0.25) is 13.8 Å². The minimum Gasteiger partial charge on any atom is -0.276 e. The Morgan fingerprint density at radius 3 is 2.68 bits per heavy atom. The molecule has 1 aromatic carbocycles. The molecule has 152 valence electrons. The summed E-state index contributed by atoms with van der Waals surface area (Å²) in [5, 5.41) is 9.85. The fourth-order valence-corrected chi connectivity index (χ4v) is 4.85. The number of thioether (sulfide) groups is 1. The predicted molar refractivity (Wildman–Crippen MR) is 112 cm³/mol. The van der Waals surface area contributed by atoms with Crippen molar-refractivity contribution in [2.45, 2.75) is 44.3 Å². The second-order valence-electron chi connectivity index (χ2n) is 6.52. The van der Waals surface area contributed by atoms with Crippen molar-refractivity contribution in [3.63, 3.8) is 0 Å². The van der Waals surface area contributed by atoms with Gasteiger partial charge in [0.1, 0.15) is 0 Å². The third kappa shape index (κ3) is 4.39. The molecular formula is C18H25N5O3S2. The Morgan fingerprint density at radius 2 is 1.93 bits per heavy atom. The van der Waals surface area contributed by atoms with E-state index >= 15 is 0 Å². The molecule has 2 heterocycles. The van der Waals surface area contributed by atoms with Crippen molar-refractivity contribution in [1.29, 1.82) is 0 Å². The molecule has 0 atom stereocenters. The topological polar surface area (TPSA) is 98.4 Å². The third-order valence-electron chi connectivity index (χ3n) is 4.56. The number of rotatable bonds is 10. The number of hydrogen-bond donors (Lipinski definition) is 1. The average molecular weight is 424 g/mol. The molecule has 3 aromatic rings. The smallest absolute Gasteiger partial charge is 0.262 e. The van der Waals surface area contributed by atoms with E-state index in [-0.39, 0.29) is 11.3 Å². The van der Waals surface area contributed by atoms with Crippen LogP contribution < -0.4 is 10.3 Å². The first-order chi connectivity index (χ1) is 13.5. The van der Waals surface area contributed by atoms with Crippen molar-refractivity contribution in [2.75, 3.05) is 18.6 Å². The quantitative estimate of drug-likeness (QED) is 0.397. The Morgan fingerprint density at radius 1 is 1.14 bits per heavy atom. The number of aromatic nitrogens is 4. The van der Waals surface area contributed by atoms with E-state index in [2.05, 4.69) is 21.8 Å². The lowest BCUT2D eigenvalue weighted by atomic mass is 10.2. The lowest BCUT2D eigenvalue weighted by Gasteiger charge is -2.11. The third-order valence-corrected chi connectivity index (χ3v) is 7.03. The summed E-state index contributed by atoms with van der Waals surface area (Å²) in [7, 11) is -1.80. The summed E-state index contributed by atoms with van der Waals surface area (Å²) in [4.78, 5) is 13.0. The molecule has 1 N–H and O–H groups in total. The van der Waals surface area contributed by atoms with Gasteiger partial charge in [0.2, 0.25) is 15.8 Å². The van der Waals surface area contributed by atoms with E-state index in [1.165, 1.54) is 18.8 Å². The monoisotopic (exact) mass is 423 g/mol. The van der Waals surface area contributed by atoms with Gasteiger partial charge in [0.25, 0.3) is 5.56 Å². The van der Waals surface area contributed by atoms with Crippen LogP contribution in [0.4, 0.5) is 0 Å². The van der Waals surface area contributed by atoms with E-state index in [1.54, 1.807) is 4.57 Å². The number of sulfonamides is 1. The van der Waals surface area contributed by atoms with E-state index in [0.717, 1.165) is 24.8 Å². The van der Waals surface area contributed by atoms with Gasteiger partial charge in [0, 0.05) is 12.3 Å². The molecule has 0 saturated heterocycles. The van der Waals surface area contributed by atoms with Crippen LogP contribution in [0, 0.1) is 0 Å². The molecule has 0 unspecified atom stereocenters. The molecule has 0 fully saturated rings. The summed E-state index contributed by atoms with van der Waals surface area (Å²) in [5.74, 6) is 1.19. The fraction of sp³-hybridized carbons (Fsp3) is 0.500. The number of nitrogens with one attached hydrogen (secondary N) is 1. The highest BCUT2D eigenvalue weighted by Gasteiger charge is 2.16. The first kappa shape index (κ1) is 20.8. The van der Waals surface area contributed by atoms with Gasteiger partial charge in [-0.25, -0.2) is 13.1 Å². The Bertz CT molecular complexity index is 1120. The molecule has 0 spiro atoms. The molecule has 28 heavy (non-hydrogen) atoms. The van der Waals surface area contributed by atoms with E-state index in [1.807, 2.05) is 28.7 Å². The lowest BCUT2D eigenvalue weighted by Crippen LogP contribution is -2.23. The van der Waals surface area contributed by atoms with Crippen LogP contribution in [0.1, 0.15) is 32.6 Å². The summed E-state index contributed by atoms with van der Waals surface area (Å²) in [5.41, 5.74) is 0.716. The van der Waals surface area contributed by atoms with Gasteiger partial charge in [-0.05, 0) is 32.0 Å². The fourth-order valence-electron chi connectivity index (χ4n) is 3.06. The molecule has 3 rings (SSSR count). The molecular weight excluding hydrogens is 398 g/mol. The number of para-hydroxylation sites is 1. The Balaban J connectivity index is 1.95. The maximum atomic E-state index is 13.0. The average Bonchev–Trinajstić information content (AvgIpc) is 3.12. The second-order valence-corrected chi connectivity index (χ2v) is 9.63. The maximum absolute atomic E-state index is 13.0. The van der Waals surface area contributed by atoms with Gasteiger partial charge in [-0.2, -0.15) is 0 Å². The predicted octanol–water partition coefficient (Wildman–Crippen LogP) is 2.27. The largest absolute Gasteiger partial charge is 0.276 e. The molecule has 10 heteroatoms. The maximum Gasteiger partial charge on any atom is 0.262 e. The van der Waals surface area contributed by atoms with Crippen LogP contribution in [0.5, 0.6) is 0 Å². The lowest BCUT2D eigenvalue weighted by molar-refractivity contribution is 0.587. The standard InChI is InChI=1S/C18H25N5O3S2/c1-3-4-7-11-22-16(24)14-9-5-6-10-15(14)23-17(22)20-21-18(23)27-12-8-13-28(25,26)19-2/h5-6,9-10,19H,3-4,7-8,11-13H2,1-2H3. The molecule has 0 bridgehead atoms. The van der Waals surface area contributed by atoms with Gasteiger partial charge in [-0.1, -0.05) is 43.7 Å². The molecule has 0 amide bonds. The summed E-state index contributed by atoms with van der Waals surface area (Å²) in [6.07, 6.45) is 3.52. The zero-order chi connectivity index (χ0) is 20.1. The van der Waals surface area contributed by atoms with Gasteiger partial charge in [-0.15, -0.1) is 10.2 Å². The van der Waals surface area contributed by atoms with Crippen LogP contribution in [0.15, 0.2) is 34.2 Å².